The summed E-state index contributed by atoms with van der Waals surface area (Å²) in [6.07, 6.45) is 0. The first-order valence-electron chi connectivity index (χ1n) is 10.1. The number of benzene rings is 1. The third kappa shape index (κ3) is 4.17. The quantitative estimate of drug-likeness (QED) is 0.713. The molecule has 0 bridgehead atoms. The van der Waals surface area contributed by atoms with Crippen molar-refractivity contribution in [3.8, 4) is 5.75 Å². The van der Waals surface area contributed by atoms with Crippen molar-refractivity contribution in [2.45, 2.75) is 58.8 Å². The maximum Gasteiger partial charge on any atom is 0.332 e. The second-order valence-electron chi connectivity index (χ2n) is 9.19. The molecule has 0 aliphatic carbocycles. The van der Waals surface area contributed by atoms with Gasteiger partial charge >= 0.3 is 11.7 Å². The van der Waals surface area contributed by atoms with Gasteiger partial charge in [0, 0.05) is 19.6 Å². The summed E-state index contributed by atoms with van der Waals surface area (Å²) in [6.45, 7) is 7.84. The highest BCUT2D eigenvalue weighted by molar-refractivity contribution is 5.95. The molecule has 2 aromatic rings. The summed E-state index contributed by atoms with van der Waals surface area (Å²) in [7, 11) is 0. The highest BCUT2D eigenvalue weighted by Crippen LogP contribution is 2.23. The molecule has 2 heterocycles. The van der Waals surface area contributed by atoms with E-state index in [0.29, 0.717) is 10.1 Å². The molecule has 32 heavy (non-hydrogen) atoms. The standard InChI is InChI=1S/C22H26FN3O6/c1-21(2,3)32-19(30)22(4,5)26-18(29)16(27)15-17(28)24(10-11-25(15)20(26)31)12-13-6-8-14(23)9-7-13/h6-9,27H,10-12H2,1-5H3. The van der Waals surface area contributed by atoms with Crippen molar-refractivity contribution in [1.29, 1.82) is 0 Å². The molecule has 1 aliphatic rings. The van der Waals surface area contributed by atoms with Gasteiger partial charge < -0.3 is 14.7 Å². The van der Waals surface area contributed by atoms with Crippen LogP contribution in [0.5, 0.6) is 5.75 Å². The van der Waals surface area contributed by atoms with Gasteiger partial charge in [-0.2, -0.15) is 0 Å². The predicted molar refractivity (Wildman–Crippen MR) is 113 cm³/mol. The number of fused-ring (bicyclic) bond motifs is 1. The Morgan fingerprint density at radius 3 is 2.22 bits per heavy atom. The largest absolute Gasteiger partial charge is 0.501 e. The zero-order chi connectivity index (χ0) is 24.0. The van der Waals surface area contributed by atoms with Crippen molar-refractivity contribution in [2.24, 2.45) is 0 Å². The van der Waals surface area contributed by atoms with E-state index < -0.39 is 51.5 Å². The number of halogens is 1. The maximum atomic E-state index is 13.1. The lowest BCUT2D eigenvalue weighted by molar-refractivity contribution is -0.164. The summed E-state index contributed by atoms with van der Waals surface area (Å²) in [4.78, 5) is 53.1. The Bertz CT molecular complexity index is 1190. The molecule has 0 unspecified atom stereocenters. The number of hydrogen-bond acceptors (Lipinski definition) is 6. The third-order valence-electron chi connectivity index (χ3n) is 5.15. The number of nitrogens with zero attached hydrogens (tertiary/aromatic N) is 3. The van der Waals surface area contributed by atoms with E-state index in [0.717, 1.165) is 4.57 Å². The van der Waals surface area contributed by atoms with Gasteiger partial charge in [-0.05, 0) is 52.3 Å². The van der Waals surface area contributed by atoms with Crippen molar-refractivity contribution in [3.63, 3.8) is 0 Å². The summed E-state index contributed by atoms with van der Waals surface area (Å²) in [5.74, 6) is -2.88. The highest BCUT2D eigenvalue weighted by atomic mass is 19.1. The molecule has 1 aliphatic heterocycles. The summed E-state index contributed by atoms with van der Waals surface area (Å²) in [5, 5.41) is 10.6. The topological polar surface area (TPSA) is 111 Å². The lowest BCUT2D eigenvalue weighted by Gasteiger charge is -2.33. The Morgan fingerprint density at radius 2 is 1.66 bits per heavy atom. The predicted octanol–water partition coefficient (Wildman–Crippen LogP) is 1.59. The van der Waals surface area contributed by atoms with Crippen molar-refractivity contribution in [1.82, 2.24) is 14.0 Å². The molecule has 1 N–H and O–H groups in total. The van der Waals surface area contributed by atoms with E-state index >= 15 is 0 Å². The summed E-state index contributed by atoms with van der Waals surface area (Å²) < 4.78 is 20.1. The van der Waals surface area contributed by atoms with Crippen LogP contribution in [0, 0.1) is 5.82 Å². The Labute approximate surface area is 183 Å². The minimum Gasteiger partial charge on any atom is -0.501 e. The van der Waals surface area contributed by atoms with E-state index in [2.05, 4.69) is 0 Å². The summed E-state index contributed by atoms with van der Waals surface area (Å²) >= 11 is 0. The highest BCUT2D eigenvalue weighted by Gasteiger charge is 2.40. The number of rotatable bonds is 4. The molecule has 0 fully saturated rings. The van der Waals surface area contributed by atoms with Gasteiger partial charge in [-0.1, -0.05) is 12.1 Å². The average molecular weight is 447 g/mol. The maximum absolute atomic E-state index is 13.1. The van der Waals surface area contributed by atoms with Crippen molar-refractivity contribution < 1.29 is 23.8 Å². The van der Waals surface area contributed by atoms with Gasteiger partial charge in [0.25, 0.3) is 11.5 Å². The number of amides is 1. The lowest BCUT2D eigenvalue weighted by atomic mass is 10.0. The van der Waals surface area contributed by atoms with Crippen molar-refractivity contribution in [3.05, 3.63) is 62.2 Å². The number of hydrogen-bond donors (Lipinski definition) is 1. The molecule has 0 saturated carbocycles. The third-order valence-corrected chi connectivity index (χ3v) is 5.15. The molecule has 10 heteroatoms. The minimum atomic E-state index is -1.73. The SMILES string of the molecule is CC(C)(C)OC(=O)C(C)(C)n1c(=O)c(O)c2n(c1=O)CCN(Cc1ccc(F)cc1)C2=O. The van der Waals surface area contributed by atoms with Gasteiger partial charge in [0.15, 0.2) is 5.69 Å². The van der Waals surface area contributed by atoms with E-state index in [-0.39, 0.29) is 19.6 Å². The number of carbonyl (C=O) groups is 2. The zero-order valence-corrected chi connectivity index (χ0v) is 18.6. The molecule has 1 amide bonds. The minimum absolute atomic E-state index is 0.000655. The van der Waals surface area contributed by atoms with Crippen molar-refractivity contribution >= 4 is 11.9 Å². The number of carbonyl (C=O) groups excluding carboxylic acids is 2. The van der Waals surface area contributed by atoms with Crippen LogP contribution in [-0.2, 0) is 28.2 Å². The average Bonchev–Trinajstić information content (AvgIpc) is 2.68. The van der Waals surface area contributed by atoms with Crippen LogP contribution in [-0.4, -0.2) is 43.2 Å². The van der Waals surface area contributed by atoms with Crippen LogP contribution in [0.1, 0.15) is 50.7 Å². The van der Waals surface area contributed by atoms with Gasteiger partial charge in [0.1, 0.15) is 17.0 Å². The van der Waals surface area contributed by atoms with E-state index in [9.17, 15) is 28.7 Å². The number of ether oxygens (including phenoxy) is 1. The van der Waals surface area contributed by atoms with E-state index in [1.807, 2.05) is 0 Å². The van der Waals surface area contributed by atoms with Gasteiger partial charge in [-0.15, -0.1) is 0 Å². The molecular formula is C22H26FN3O6. The zero-order valence-electron chi connectivity index (χ0n) is 18.6. The molecule has 0 spiro atoms. The summed E-state index contributed by atoms with van der Waals surface area (Å²) in [6, 6.07) is 5.56. The monoisotopic (exact) mass is 447 g/mol. The molecule has 0 saturated heterocycles. The van der Waals surface area contributed by atoms with Crippen LogP contribution in [0.3, 0.4) is 0 Å². The second-order valence-corrected chi connectivity index (χ2v) is 9.19. The first-order chi connectivity index (χ1) is 14.7. The first-order valence-corrected chi connectivity index (χ1v) is 10.1. The Kier molecular flexibility index (Phi) is 5.75. The second kappa shape index (κ2) is 7.92. The van der Waals surface area contributed by atoms with E-state index in [1.54, 1.807) is 20.8 Å². The molecule has 3 rings (SSSR count). The van der Waals surface area contributed by atoms with Crippen LogP contribution in [0.25, 0.3) is 0 Å². The Hall–Kier alpha value is -3.43. The lowest BCUT2D eigenvalue weighted by Crippen LogP contribution is -2.57. The van der Waals surface area contributed by atoms with Crippen LogP contribution >= 0.6 is 0 Å². The van der Waals surface area contributed by atoms with Gasteiger partial charge in [-0.3, -0.25) is 14.2 Å². The summed E-state index contributed by atoms with van der Waals surface area (Å²) in [5.41, 5.74) is -4.43. The smallest absolute Gasteiger partial charge is 0.332 e. The first kappa shape index (κ1) is 23.2. The molecule has 172 valence electrons. The normalized spacial score (nSPS) is 14.3. The molecular weight excluding hydrogens is 421 g/mol. The molecule has 1 aromatic heterocycles. The van der Waals surface area contributed by atoms with E-state index in [4.69, 9.17) is 4.74 Å². The van der Waals surface area contributed by atoms with E-state index in [1.165, 1.54) is 43.0 Å². The molecule has 0 radical (unpaired) electrons. The van der Waals surface area contributed by atoms with Crippen LogP contribution in [0.15, 0.2) is 33.9 Å². The number of aromatic nitrogens is 2. The van der Waals surface area contributed by atoms with Crippen LogP contribution < -0.4 is 11.2 Å². The fourth-order valence-corrected chi connectivity index (χ4v) is 3.48. The van der Waals surface area contributed by atoms with Crippen molar-refractivity contribution in [2.75, 3.05) is 6.54 Å². The fraction of sp³-hybridized carbons (Fsp3) is 0.455. The fourth-order valence-electron chi connectivity index (χ4n) is 3.48. The van der Waals surface area contributed by atoms with Crippen LogP contribution in [0.2, 0.25) is 0 Å². The molecule has 1 aromatic carbocycles. The Morgan fingerprint density at radius 1 is 1.06 bits per heavy atom. The van der Waals surface area contributed by atoms with Gasteiger partial charge in [0.2, 0.25) is 5.75 Å². The van der Waals surface area contributed by atoms with Gasteiger partial charge in [-0.25, -0.2) is 18.5 Å². The Balaban J connectivity index is 2.03. The number of esters is 1. The molecule has 0 atom stereocenters. The molecule has 9 nitrogen and oxygen atoms in total. The van der Waals surface area contributed by atoms with Crippen LogP contribution in [0.4, 0.5) is 4.39 Å². The van der Waals surface area contributed by atoms with Gasteiger partial charge in [0.05, 0.1) is 0 Å². The number of aromatic hydroxyl groups is 1.